The second kappa shape index (κ2) is 5.77. The molecule has 7 heteroatoms. The Morgan fingerprint density at radius 1 is 1.62 bits per heavy atom. The van der Waals surface area contributed by atoms with E-state index in [4.69, 9.17) is 10.2 Å². The van der Waals surface area contributed by atoms with Gasteiger partial charge in [-0.25, -0.2) is 4.98 Å². The van der Waals surface area contributed by atoms with Gasteiger partial charge in [-0.05, 0) is 31.9 Å². The van der Waals surface area contributed by atoms with Gasteiger partial charge in [0, 0.05) is 12.6 Å². The van der Waals surface area contributed by atoms with Crippen molar-refractivity contribution in [1.82, 2.24) is 9.88 Å². The number of nitrogen functional groups attached to an aromatic ring is 1. The average molecular weight is 306 g/mol. The van der Waals surface area contributed by atoms with Gasteiger partial charge >= 0.3 is 0 Å². The van der Waals surface area contributed by atoms with Gasteiger partial charge in [-0.15, -0.1) is 0 Å². The molecule has 1 aliphatic rings. The lowest BCUT2D eigenvalue weighted by molar-refractivity contribution is 0.0747. The average Bonchev–Trinajstić information content (AvgIpc) is 2.99. The number of hydrogen-bond donors (Lipinski definition) is 2. The third-order valence-electron chi connectivity index (χ3n) is 3.35. The zero-order valence-corrected chi connectivity index (χ0v) is 12.7. The summed E-state index contributed by atoms with van der Waals surface area (Å²) in [5.74, 6) is 0.948. The summed E-state index contributed by atoms with van der Waals surface area (Å²) in [5.41, 5.74) is 5.89. The molecule has 1 saturated carbocycles. The Morgan fingerprint density at radius 2 is 2.43 bits per heavy atom. The summed E-state index contributed by atoms with van der Waals surface area (Å²) in [7, 11) is 0. The van der Waals surface area contributed by atoms with Crippen molar-refractivity contribution in [2.24, 2.45) is 0 Å². The van der Waals surface area contributed by atoms with Crippen LogP contribution in [0.2, 0.25) is 0 Å². The molecule has 21 heavy (non-hydrogen) atoms. The van der Waals surface area contributed by atoms with E-state index in [-0.39, 0.29) is 5.91 Å². The van der Waals surface area contributed by atoms with Gasteiger partial charge in [-0.3, -0.25) is 4.79 Å². The van der Waals surface area contributed by atoms with Gasteiger partial charge in [0.05, 0.1) is 12.8 Å². The lowest BCUT2D eigenvalue weighted by Gasteiger charge is -2.18. The highest BCUT2D eigenvalue weighted by molar-refractivity contribution is 7.18. The number of furan rings is 1. The number of nitrogens with zero attached hydrogens (tertiary/aromatic N) is 2. The largest absolute Gasteiger partial charge is 0.467 e. The molecule has 0 saturated heterocycles. The first-order chi connectivity index (χ1) is 10.2. The van der Waals surface area contributed by atoms with Crippen molar-refractivity contribution < 1.29 is 9.21 Å². The predicted octanol–water partition coefficient (Wildman–Crippen LogP) is 2.55. The molecule has 2 aromatic rings. The maximum absolute atomic E-state index is 12.6. The van der Waals surface area contributed by atoms with Crippen LogP contribution in [-0.2, 0) is 6.54 Å². The fraction of sp³-hybridized carbons (Fsp3) is 0.429. The molecule has 0 atom stereocenters. The van der Waals surface area contributed by atoms with Crippen LogP contribution in [0.3, 0.4) is 0 Å². The normalized spacial score (nSPS) is 14.1. The number of carbonyl (C=O) groups is 1. The van der Waals surface area contributed by atoms with E-state index in [0.717, 1.165) is 23.7 Å². The summed E-state index contributed by atoms with van der Waals surface area (Å²) in [5, 5.41) is 4.00. The van der Waals surface area contributed by atoms with Crippen molar-refractivity contribution in [3.05, 3.63) is 29.0 Å². The van der Waals surface area contributed by atoms with Gasteiger partial charge in [-0.1, -0.05) is 11.3 Å². The summed E-state index contributed by atoms with van der Waals surface area (Å²) in [6.07, 6.45) is 3.91. The van der Waals surface area contributed by atoms with E-state index in [0.29, 0.717) is 29.8 Å². The summed E-state index contributed by atoms with van der Waals surface area (Å²) in [6, 6.07) is 4.15. The fourth-order valence-electron chi connectivity index (χ4n) is 2.01. The van der Waals surface area contributed by atoms with E-state index in [9.17, 15) is 4.79 Å². The van der Waals surface area contributed by atoms with E-state index >= 15 is 0 Å². The highest BCUT2D eigenvalue weighted by Crippen LogP contribution is 2.31. The van der Waals surface area contributed by atoms with Crippen LogP contribution in [0.15, 0.2) is 22.8 Å². The molecule has 112 valence electrons. The van der Waals surface area contributed by atoms with Gasteiger partial charge in [0.15, 0.2) is 5.13 Å². The van der Waals surface area contributed by atoms with Crippen molar-refractivity contribution >= 4 is 28.2 Å². The van der Waals surface area contributed by atoms with Gasteiger partial charge in [0.1, 0.15) is 16.5 Å². The molecule has 0 spiro atoms. The standard InChI is InChI=1S/C14H18N4O2S/c1-2-18(8-10-4-3-7-20-10)13(19)11-12(15)17-14(21-11)16-9-5-6-9/h3-4,7,9H,2,5-6,8,15H2,1H3,(H,16,17). The Labute approximate surface area is 127 Å². The molecule has 0 radical (unpaired) electrons. The van der Waals surface area contributed by atoms with Gasteiger partial charge in [0.2, 0.25) is 0 Å². The Kier molecular flexibility index (Phi) is 3.83. The zero-order valence-electron chi connectivity index (χ0n) is 11.8. The molecule has 6 nitrogen and oxygen atoms in total. The van der Waals surface area contributed by atoms with Crippen LogP contribution in [-0.4, -0.2) is 28.4 Å². The van der Waals surface area contributed by atoms with E-state index in [2.05, 4.69) is 10.3 Å². The third kappa shape index (κ3) is 3.18. The van der Waals surface area contributed by atoms with Crippen molar-refractivity contribution in [3.63, 3.8) is 0 Å². The van der Waals surface area contributed by atoms with Gasteiger partial charge < -0.3 is 20.4 Å². The van der Waals surface area contributed by atoms with Crippen LogP contribution in [0.5, 0.6) is 0 Å². The summed E-state index contributed by atoms with van der Waals surface area (Å²) in [6.45, 7) is 2.95. The quantitative estimate of drug-likeness (QED) is 0.857. The van der Waals surface area contributed by atoms with Crippen LogP contribution in [0.1, 0.15) is 35.2 Å². The molecule has 2 aromatic heterocycles. The smallest absolute Gasteiger partial charge is 0.268 e. The van der Waals surface area contributed by atoms with Crippen LogP contribution in [0.25, 0.3) is 0 Å². The molecule has 1 amide bonds. The van der Waals surface area contributed by atoms with Crippen LogP contribution >= 0.6 is 11.3 Å². The SMILES string of the molecule is CCN(Cc1ccco1)C(=O)c1sc(NC2CC2)nc1N. The van der Waals surface area contributed by atoms with Crippen molar-refractivity contribution in [2.45, 2.75) is 32.4 Å². The highest BCUT2D eigenvalue weighted by atomic mass is 32.1. The molecule has 3 rings (SSSR count). The molecule has 0 bridgehead atoms. The number of nitrogens with two attached hydrogens (primary N) is 1. The summed E-state index contributed by atoms with van der Waals surface area (Å²) >= 11 is 1.32. The Hall–Kier alpha value is -2.02. The molecule has 2 heterocycles. The second-order valence-corrected chi connectivity index (χ2v) is 6.05. The van der Waals surface area contributed by atoms with Gasteiger partial charge in [0.25, 0.3) is 5.91 Å². The maximum Gasteiger partial charge on any atom is 0.268 e. The van der Waals surface area contributed by atoms with E-state index in [1.165, 1.54) is 11.3 Å². The molecule has 3 N–H and O–H groups in total. The number of rotatable bonds is 6. The molecule has 1 aliphatic carbocycles. The topological polar surface area (TPSA) is 84.4 Å². The first kappa shape index (κ1) is 13.9. The van der Waals surface area contributed by atoms with Crippen molar-refractivity contribution in [3.8, 4) is 0 Å². The number of nitrogens with one attached hydrogen (secondary N) is 1. The van der Waals surface area contributed by atoms with Crippen LogP contribution in [0.4, 0.5) is 10.9 Å². The number of thiazole rings is 1. The number of amides is 1. The lowest BCUT2D eigenvalue weighted by atomic mass is 10.3. The fourth-order valence-corrected chi connectivity index (χ4v) is 2.94. The van der Waals surface area contributed by atoms with Crippen LogP contribution < -0.4 is 11.1 Å². The molecular weight excluding hydrogens is 288 g/mol. The Morgan fingerprint density at radius 3 is 3.05 bits per heavy atom. The molecule has 0 aromatic carbocycles. The minimum absolute atomic E-state index is 0.104. The number of hydrogen-bond acceptors (Lipinski definition) is 6. The second-order valence-electron chi connectivity index (χ2n) is 5.05. The molecule has 0 unspecified atom stereocenters. The predicted molar refractivity (Wildman–Crippen MR) is 82.3 cm³/mol. The lowest BCUT2D eigenvalue weighted by Crippen LogP contribution is -2.30. The number of anilines is 2. The molecular formula is C14H18N4O2S. The Bertz CT molecular complexity index is 619. The minimum Gasteiger partial charge on any atom is -0.467 e. The Balaban J connectivity index is 1.74. The van der Waals surface area contributed by atoms with Crippen molar-refractivity contribution in [2.75, 3.05) is 17.6 Å². The number of aromatic nitrogens is 1. The summed E-state index contributed by atoms with van der Waals surface area (Å²) in [4.78, 5) is 19.0. The highest BCUT2D eigenvalue weighted by Gasteiger charge is 2.26. The third-order valence-corrected chi connectivity index (χ3v) is 4.34. The van der Waals surface area contributed by atoms with E-state index in [1.54, 1.807) is 11.2 Å². The van der Waals surface area contributed by atoms with Crippen LogP contribution in [0, 0.1) is 0 Å². The first-order valence-electron chi connectivity index (χ1n) is 7.02. The van der Waals surface area contributed by atoms with Crippen molar-refractivity contribution in [1.29, 1.82) is 0 Å². The van der Waals surface area contributed by atoms with E-state index < -0.39 is 0 Å². The monoisotopic (exact) mass is 306 g/mol. The minimum atomic E-state index is -0.104. The zero-order chi connectivity index (χ0) is 14.8. The maximum atomic E-state index is 12.6. The summed E-state index contributed by atoms with van der Waals surface area (Å²) < 4.78 is 5.30. The first-order valence-corrected chi connectivity index (χ1v) is 7.83. The molecule has 1 fully saturated rings. The van der Waals surface area contributed by atoms with E-state index in [1.807, 2.05) is 19.1 Å². The van der Waals surface area contributed by atoms with Gasteiger partial charge in [-0.2, -0.15) is 0 Å². The molecule has 0 aliphatic heterocycles. The number of carbonyl (C=O) groups excluding carboxylic acids is 1.